The number of rotatable bonds is 6. The summed E-state index contributed by atoms with van der Waals surface area (Å²) >= 11 is 0. The standard InChI is InChI=1S/C15H24N2OS/c1-17(15-6-3-2-4-7-15)11-5-10-16-14-8-12-19(18)13-9-14/h2-4,6-7,14,16H,5,8-13H2,1H3. The van der Waals surface area contributed by atoms with Crippen molar-refractivity contribution in [2.24, 2.45) is 0 Å². The minimum Gasteiger partial charge on any atom is -0.375 e. The molecule has 1 heterocycles. The molecule has 0 aliphatic carbocycles. The molecule has 1 aromatic rings. The van der Waals surface area contributed by atoms with Gasteiger partial charge in [-0.2, -0.15) is 0 Å². The topological polar surface area (TPSA) is 32.3 Å². The van der Waals surface area contributed by atoms with Crippen molar-refractivity contribution in [3.8, 4) is 0 Å². The molecule has 0 aromatic heterocycles. The highest BCUT2D eigenvalue weighted by atomic mass is 32.2. The van der Waals surface area contributed by atoms with Crippen LogP contribution in [0.15, 0.2) is 30.3 Å². The van der Waals surface area contributed by atoms with Crippen molar-refractivity contribution < 1.29 is 4.21 Å². The van der Waals surface area contributed by atoms with Crippen molar-refractivity contribution in [1.29, 1.82) is 0 Å². The van der Waals surface area contributed by atoms with Crippen LogP contribution in [-0.2, 0) is 10.8 Å². The Kier molecular flexibility index (Phi) is 5.86. The van der Waals surface area contributed by atoms with Gasteiger partial charge in [-0.15, -0.1) is 0 Å². The summed E-state index contributed by atoms with van der Waals surface area (Å²) in [6.07, 6.45) is 3.28. The number of anilines is 1. The number of para-hydroxylation sites is 1. The molecular formula is C15H24N2OS. The van der Waals surface area contributed by atoms with Gasteiger partial charge >= 0.3 is 0 Å². The molecular weight excluding hydrogens is 256 g/mol. The zero-order valence-electron chi connectivity index (χ0n) is 11.7. The van der Waals surface area contributed by atoms with Gasteiger partial charge in [0, 0.05) is 47.6 Å². The van der Waals surface area contributed by atoms with Crippen LogP contribution < -0.4 is 10.2 Å². The van der Waals surface area contributed by atoms with Gasteiger partial charge in [-0.25, -0.2) is 0 Å². The van der Waals surface area contributed by atoms with Gasteiger partial charge in [-0.1, -0.05) is 18.2 Å². The first-order valence-corrected chi connectivity index (χ1v) is 8.59. The molecule has 0 radical (unpaired) electrons. The predicted octanol–water partition coefficient (Wildman–Crippen LogP) is 2.01. The van der Waals surface area contributed by atoms with E-state index in [1.807, 2.05) is 6.07 Å². The van der Waals surface area contributed by atoms with Crippen molar-refractivity contribution in [1.82, 2.24) is 5.32 Å². The first-order chi connectivity index (χ1) is 9.25. The molecule has 0 bridgehead atoms. The van der Waals surface area contributed by atoms with E-state index in [1.54, 1.807) is 0 Å². The molecule has 0 spiro atoms. The van der Waals surface area contributed by atoms with Crippen LogP contribution in [-0.4, -0.2) is 41.9 Å². The Balaban J connectivity index is 1.60. The molecule has 4 heteroatoms. The number of benzene rings is 1. The average Bonchev–Trinajstić information content (AvgIpc) is 2.46. The van der Waals surface area contributed by atoms with Gasteiger partial charge in [0.05, 0.1) is 0 Å². The first-order valence-electron chi connectivity index (χ1n) is 7.10. The van der Waals surface area contributed by atoms with Crippen molar-refractivity contribution in [2.75, 3.05) is 36.5 Å². The molecule has 0 saturated carbocycles. The minimum atomic E-state index is -0.549. The molecule has 1 aliphatic heterocycles. The molecule has 19 heavy (non-hydrogen) atoms. The van der Waals surface area contributed by atoms with Gasteiger partial charge in [0.15, 0.2) is 0 Å². The fourth-order valence-corrected chi connectivity index (χ4v) is 3.73. The van der Waals surface area contributed by atoms with E-state index in [-0.39, 0.29) is 0 Å². The molecule has 106 valence electrons. The molecule has 1 N–H and O–H groups in total. The summed E-state index contributed by atoms with van der Waals surface area (Å²) in [5.41, 5.74) is 1.27. The Bertz CT molecular complexity index is 386. The molecule has 2 rings (SSSR count). The summed E-state index contributed by atoms with van der Waals surface area (Å²) in [5, 5.41) is 3.59. The fourth-order valence-electron chi connectivity index (χ4n) is 2.43. The maximum Gasteiger partial charge on any atom is 0.0363 e. The van der Waals surface area contributed by atoms with Crippen molar-refractivity contribution in [2.45, 2.75) is 25.3 Å². The quantitative estimate of drug-likeness (QED) is 0.809. The highest BCUT2D eigenvalue weighted by molar-refractivity contribution is 7.85. The normalized spacial score (nSPS) is 23.2. The summed E-state index contributed by atoms with van der Waals surface area (Å²) < 4.78 is 11.3. The number of nitrogens with zero attached hydrogens (tertiary/aromatic N) is 1. The van der Waals surface area contributed by atoms with Gasteiger partial charge in [0.2, 0.25) is 0 Å². The van der Waals surface area contributed by atoms with E-state index in [9.17, 15) is 4.21 Å². The highest BCUT2D eigenvalue weighted by Gasteiger charge is 2.16. The van der Waals surface area contributed by atoms with E-state index in [4.69, 9.17) is 0 Å². The van der Waals surface area contributed by atoms with E-state index in [1.165, 1.54) is 5.69 Å². The summed E-state index contributed by atoms with van der Waals surface area (Å²) in [6, 6.07) is 11.1. The lowest BCUT2D eigenvalue weighted by atomic mass is 10.1. The van der Waals surface area contributed by atoms with Gasteiger partial charge in [0.25, 0.3) is 0 Å². The molecule has 1 fully saturated rings. The van der Waals surface area contributed by atoms with Crippen LogP contribution in [0.1, 0.15) is 19.3 Å². The zero-order valence-corrected chi connectivity index (χ0v) is 12.5. The SMILES string of the molecule is CN(CCCNC1CCS(=O)CC1)c1ccccc1. The predicted molar refractivity (Wildman–Crippen MR) is 83.2 cm³/mol. The van der Waals surface area contributed by atoms with Crippen LogP contribution in [0.3, 0.4) is 0 Å². The third-order valence-electron chi connectivity index (χ3n) is 3.69. The van der Waals surface area contributed by atoms with Gasteiger partial charge < -0.3 is 10.2 Å². The van der Waals surface area contributed by atoms with E-state index in [2.05, 4.69) is 41.5 Å². The average molecular weight is 280 g/mol. The van der Waals surface area contributed by atoms with E-state index < -0.39 is 10.8 Å². The summed E-state index contributed by atoms with van der Waals surface area (Å²) in [5.74, 6) is 1.75. The van der Waals surface area contributed by atoms with Gasteiger partial charge in [-0.05, 0) is 37.9 Å². The number of hydrogen-bond acceptors (Lipinski definition) is 3. The molecule has 1 aromatic carbocycles. The molecule has 1 aliphatic rings. The molecule has 0 unspecified atom stereocenters. The maximum atomic E-state index is 11.3. The molecule has 0 amide bonds. The Morgan fingerprint density at radius 1 is 1.26 bits per heavy atom. The second-order valence-corrected chi connectivity index (χ2v) is 6.88. The van der Waals surface area contributed by atoms with Crippen LogP contribution in [0, 0.1) is 0 Å². The van der Waals surface area contributed by atoms with Crippen LogP contribution in [0.25, 0.3) is 0 Å². The lowest BCUT2D eigenvalue weighted by molar-refractivity contribution is 0.471. The fraction of sp³-hybridized carbons (Fsp3) is 0.600. The second-order valence-electron chi connectivity index (χ2n) is 5.19. The Morgan fingerprint density at radius 3 is 2.63 bits per heavy atom. The third kappa shape index (κ3) is 4.96. The van der Waals surface area contributed by atoms with Crippen molar-refractivity contribution >= 4 is 16.5 Å². The lowest BCUT2D eigenvalue weighted by Crippen LogP contribution is -2.37. The molecule has 3 nitrogen and oxygen atoms in total. The number of nitrogens with one attached hydrogen (secondary N) is 1. The smallest absolute Gasteiger partial charge is 0.0363 e. The Labute approximate surface area is 118 Å². The van der Waals surface area contributed by atoms with E-state index >= 15 is 0 Å². The summed E-state index contributed by atoms with van der Waals surface area (Å²) in [6.45, 7) is 2.12. The van der Waals surface area contributed by atoms with Crippen molar-refractivity contribution in [3.63, 3.8) is 0 Å². The van der Waals surface area contributed by atoms with Crippen LogP contribution in [0.4, 0.5) is 5.69 Å². The van der Waals surface area contributed by atoms with Crippen LogP contribution in [0.2, 0.25) is 0 Å². The summed E-state index contributed by atoms with van der Waals surface area (Å²) in [4.78, 5) is 2.29. The van der Waals surface area contributed by atoms with Crippen molar-refractivity contribution in [3.05, 3.63) is 30.3 Å². The Hall–Kier alpha value is -0.870. The van der Waals surface area contributed by atoms with Crippen LogP contribution >= 0.6 is 0 Å². The Morgan fingerprint density at radius 2 is 1.95 bits per heavy atom. The minimum absolute atomic E-state index is 0.549. The van der Waals surface area contributed by atoms with Crippen LogP contribution in [0.5, 0.6) is 0 Å². The van der Waals surface area contributed by atoms with Gasteiger partial charge in [0.1, 0.15) is 0 Å². The lowest BCUT2D eigenvalue weighted by Gasteiger charge is -2.24. The van der Waals surface area contributed by atoms with Gasteiger partial charge in [-0.3, -0.25) is 4.21 Å². The first kappa shape index (κ1) is 14.5. The molecule has 1 saturated heterocycles. The second kappa shape index (κ2) is 7.65. The summed E-state index contributed by atoms with van der Waals surface area (Å²) in [7, 11) is 1.59. The largest absolute Gasteiger partial charge is 0.375 e. The third-order valence-corrected chi connectivity index (χ3v) is 5.07. The van der Waals surface area contributed by atoms with E-state index in [0.29, 0.717) is 6.04 Å². The molecule has 0 atom stereocenters. The zero-order chi connectivity index (χ0) is 13.5. The number of hydrogen-bond donors (Lipinski definition) is 1. The highest BCUT2D eigenvalue weighted by Crippen LogP contribution is 2.11. The van der Waals surface area contributed by atoms with E-state index in [0.717, 1.165) is 43.9 Å². The maximum absolute atomic E-state index is 11.3. The monoisotopic (exact) mass is 280 g/mol.